The monoisotopic (exact) mass is 390 g/mol. The molecule has 29 heavy (non-hydrogen) atoms. The van der Waals surface area contributed by atoms with Gasteiger partial charge in [0.05, 0.1) is 23.3 Å². The van der Waals surface area contributed by atoms with Gasteiger partial charge in [-0.2, -0.15) is 0 Å². The lowest BCUT2D eigenvalue weighted by Crippen LogP contribution is -2.26. The number of nitro benzene ring substituents is 1. The molecule has 1 aliphatic rings. The maximum absolute atomic E-state index is 13.4. The van der Waals surface area contributed by atoms with E-state index in [2.05, 4.69) is 0 Å². The smallest absolute Gasteiger partial charge is 0.273 e. The van der Waals surface area contributed by atoms with Crippen molar-refractivity contribution in [2.75, 3.05) is 18.1 Å². The molecule has 1 heterocycles. The minimum atomic E-state index is -0.490. The molecule has 146 valence electrons. The quantitative estimate of drug-likeness (QED) is 0.340. The summed E-state index contributed by atoms with van der Waals surface area (Å²) in [5.74, 6) is -0.0130. The molecule has 3 aromatic rings. The van der Waals surface area contributed by atoms with Gasteiger partial charge in [-0.05, 0) is 30.3 Å². The number of para-hydroxylation sites is 1. The minimum absolute atomic E-state index is 0.0305. The van der Waals surface area contributed by atoms with E-state index in [0.717, 1.165) is 0 Å². The highest BCUT2D eigenvalue weighted by Gasteiger charge is 2.27. The van der Waals surface area contributed by atoms with E-state index in [1.54, 1.807) is 36.4 Å². The third-order valence-corrected chi connectivity index (χ3v) is 4.46. The third kappa shape index (κ3) is 4.25. The molecular formula is C22H18N2O5. The van der Waals surface area contributed by atoms with Crippen LogP contribution < -0.4 is 9.64 Å². The highest BCUT2D eigenvalue weighted by atomic mass is 16.6. The van der Waals surface area contributed by atoms with Gasteiger partial charge in [-0.1, -0.05) is 36.4 Å². The van der Waals surface area contributed by atoms with Gasteiger partial charge in [-0.15, -0.1) is 0 Å². The Hall–Kier alpha value is -3.71. The van der Waals surface area contributed by atoms with E-state index in [1.165, 1.54) is 23.1 Å². The highest BCUT2D eigenvalue weighted by Crippen LogP contribution is 2.38. The van der Waals surface area contributed by atoms with Crippen LogP contribution in [-0.2, 0) is 4.74 Å². The average molecular weight is 390 g/mol. The second kappa shape index (κ2) is 8.12. The number of non-ortho nitro benzene ring substituents is 1. The fourth-order valence-corrected chi connectivity index (χ4v) is 2.92. The first-order valence-corrected chi connectivity index (χ1v) is 9.11. The van der Waals surface area contributed by atoms with Crippen LogP contribution in [-0.4, -0.2) is 30.1 Å². The number of epoxide rings is 1. The van der Waals surface area contributed by atoms with E-state index < -0.39 is 4.92 Å². The van der Waals surface area contributed by atoms with Crippen molar-refractivity contribution in [3.8, 4) is 5.75 Å². The Morgan fingerprint density at radius 3 is 2.34 bits per heavy atom. The molecule has 0 radical (unpaired) electrons. The molecule has 1 aliphatic heterocycles. The molecule has 4 rings (SSSR count). The molecule has 0 aliphatic carbocycles. The molecule has 1 amide bonds. The number of carbonyl (C=O) groups is 1. The van der Waals surface area contributed by atoms with Crippen molar-refractivity contribution in [2.45, 2.75) is 6.10 Å². The molecule has 1 atom stereocenters. The Labute approximate surface area is 167 Å². The van der Waals surface area contributed by atoms with Gasteiger partial charge in [0.25, 0.3) is 11.6 Å². The van der Waals surface area contributed by atoms with Crippen LogP contribution in [0.3, 0.4) is 0 Å². The van der Waals surface area contributed by atoms with Crippen molar-refractivity contribution in [3.63, 3.8) is 0 Å². The van der Waals surface area contributed by atoms with Crippen molar-refractivity contribution in [1.29, 1.82) is 0 Å². The van der Waals surface area contributed by atoms with Crippen LogP contribution in [0.15, 0.2) is 78.9 Å². The van der Waals surface area contributed by atoms with E-state index in [0.29, 0.717) is 23.5 Å². The van der Waals surface area contributed by atoms with Gasteiger partial charge in [-0.25, -0.2) is 0 Å². The molecule has 0 bridgehead atoms. The fourth-order valence-electron chi connectivity index (χ4n) is 2.92. The van der Waals surface area contributed by atoms with Crippen molar-refractivity contribution in [2.24, 2.45) is 0 Å². The topological polar surface area (TPSA) is 85.2 Å². The Balaban J connectivity index is 1.80. The lowest BCUT2D eigenvalue weighted by molar-refractivity contribution is -0.384. The second-order valence-electron chi connectivity index (χ2n) is 6.52. The van der Waals surface area contributed by atoms with E-state index in [9.17, 15) is 14.9 Å². The molecule has 0 saturated carbocycles. The van der Waals surface area contributed by atoms with Gasteiger partial charge in [0.2, 0.25) is 0 Å². The molecular weight excluding hydrogens is 372 g/mol. The number of nitro groups is 1. The number of carbonyl (C=O) groups excluding carboxylic acids is 1. The summed E-state index contributed by atoms with van der Waals surface area (Å²) in [6.45, 7) is 0.853. The Morgan fingerprint density at radius 2 is 1.72 bits per heavy atom. The zero-order valence-electron chi connectivity index (χ0n) is 15.4. The zero-order chi connectivity index (χ0) is 20.2. The Bertz CT molecular complexity index is 1020. The van der Waals surface area contributed by atoms with Gasteiger partial charge in [-0.3, -0.25) is 19.8 Å². The molecule has 3 aromatic carbocycles. The molecule has 1 saturated heterocycles. The lowest BCUT2D eigenvalue weighted by Gasteiger charge is -2.25. The van der Waals surface area contributed by atoms with Crippen molar-refractivity contribution in [1.82, 2.24) is 0 Å². The van der Waals surface area contributed by atoms with Crippen LogP contribution >= 0.6 is 0 Å². The van der Waals surface area contributed by atoms with Gasteiger partial charge in [0.15, 0.2) is 0 Å². The van der Waals surface area contributed by atoms with E-state index in [1.807, 2.05) is 24.3 Å². The van der Waals surface area contributed by atoms with Gasteiger partial charge < -0.3 is 9.47 Å². The number of benzene rings is 3. The summed E-state index contributed by atoms with van der Waals surface area (Å²) >= 11 is 0. The SMILES string of the molecule is O=C(c1ccccc1)N(c1ccccc1)c1ccc([N+](=O)[O-])cc1OCC1CO1. The number of amides is 1. The van der Waals surface area contributed by atoms with Crippen LogP contribution in [0.4, 0.5) is 17.1 Å². The van der Waals surface area contributed by atoms with Gasteiger partial charge >= 0.3 is 0 Å². The summed E-state index contributed by atoms with van der Waals surface area (Å²) in [7, 11) is 0. The second-order valence-corrected chi connectivity index (χ2v) is 6.52. The molecule has 0 spiro atoms. The number of anilines is 2. The van der Waals surface area contributed by atoms with Gasteiger partial charge in [0, 0.05) is 17.3 Å². The van der Waals surface area contributed by atoms with E-state index in [4.69, 9.17) is 9.47 Å². The van der Waals surface area contributed by atoms with Gasteiger partial charge in [0.1, 0.15) is 18.5 Å². The number of rotatable bonds is 7. The first-order valence-electron chi connectivity index (χ1n) is 9.11. The number of nitrogens with zero attached hydrogens (tertiary/aromatic N) is 2. The van der Waals surface area contributed by atoms with Crippen molar-refractivity contribution < 1.29 is 19.2 Å². The predicted molar refractivity (Wildman–Crippen MR) is 108 cm³/mol. The molecule has 1 fully saturated rings. The Kier molecular flexibility index (Phi) is 5.22. The predicted octanol–water partition coefficient (Wildman–Crippen LogP) is 4.35. The fraction of sp³-hybridized carbons (Fsp3) is 0.136. The summed E-state index contributed by atoms with van der Waals surface area (Å²) in [4.78, 5) is 25.6. The number of hydrogen-bond donors (Lipinski definition) is 0. The summed E-state index contributed by atoms with van der Waals surface area (Å²) in [5.41, 5.74) is 1.44. The maximum atomic E-state index is 13.4. The highest BCUT2D eigenvalue weighted by molar-refractivity contribution is 6.11. The largest absolute Gasteiger partial charge is 0.488 e. The first-order chi connectivity index (χ1) is 14.1. The average Bonchev–Trinajstić information content (AvgIpc) is 3.59. The van der Waals surface area contributed by atoms with E-state index >= 15 is 0 Å². The van der Waals surface area contributed by atoms with Crippen LogP contribution in [0.1, 0.15) is 10.4 Å². The zero-order valence-corrected chi connectivity index (χ0v) is 15.4. The molecule has 7 nitrogen and oxygen atoms in total. The van der Waals surface area contributed by atoms with E-state index in [-0.39, 0.29) is 30.1 Å². The lowest BCUT2D eigenvalue weighted by atomic mass is 10.1. The minimum Gasteiger partial charge on any atom is -0.488 e. The third-order valence-electron chi connectivity index (χ3n) is 4.46. The standard InChI is InChI=1S/C22H18N2O5/c25-22(16-7-3-1-4-8-16)23(17-9-5-2-6-10-17)20-12-11-18(24(26)27)13-21(20)29-15-19-14-28-19/h1-13,19H,14-15H2. The summed E-state index contributed by atoms with van der Waals surface area (Å²) in [6.07, 6.45) is -0.0305. The van der Waals surface area contributed by atoms with Crippen molar-refractivity contribution in [3.05, 3.63) is 94.5 Å². The summed E-state index contributed by atoms with van der Waals surface area (Å²) in [6, 6.07) is 22.2. The Morgan fingerprint density at radius 1 is 1.07 bits per heavy atom. The number of ether oxygens (including phenoxy) is 2. The summed E-state index contributed by atoms with van der Waals surface area (Å²) in [5, 5.41) is 11.3. The molecule has 7 heteroatoms. The van der Waals surface area contributed by atoms with Crippen LogP contribution in [0.2, 0.25) is 0 Å². The molecule has 0 N–H and O–H groups in total. The maximum Gasteiger partial charge on any atom is 0.273 e. The summed E-state index contributed by atoms with van der Waals surface area (Å²) < 4.78 is 11.0. The first kappa shape index (κ1) is 18.6. The molecule has 1 unspecified atom stereocenters. The normalized spacial score (nSPS) is 14.8. The van der Waals surface area contributed by atoms with Crippen LogP contribution in [0.25, 0.3) is 0 Å². The van der Waals surface area contributed by atoms with Crippen LogP contribution in [0.5, 0.6) is 5.75 Å². The number of hydrogen-bond acceptors (Lipinski definition) is 5. The molecule has 0 aromatic heterocycles. The van der Waals surface area contributed by atoms with Crippen molar-refractivity contribution >= 4 is 23.0 Å². The van der Waals surface area contributed by atoms with Crippen LogP contribution in [0, 0.1) is 10.1 Å².